The third-order valence-corrected chi connectivity index (χ3v) is 3.71. The number of halogens is 1. The van der Waals surface area contributed by atoms with Gasteiger partial charge >= 0.3 is 0 Å². The highest BCUT2D eigenvalue weighted by Gasteiger charge is 2.16. The van der Waals surface area contributed by atoms with E-state index >= 15 is 0 Å². The van der Waals surface area contributed by atoms with Gasteiger partial charge in [0.1, 0.15) is 0 Å². The highest BCUT2D eigenvalue weighted by atomic mass is 79.9. The van der Waals surface area contributed by atoms with Crippen LogP contribution in [-0.4, -0.2) is 35.7 Å². The lowest BCUT2D eigenvalue weighted by Crippen LogP contribution is -2.44. The maximum atomic E-state index is 4.72. The molecular formula is C12H15BrN4. The third-order valence-electron chi connectivity index (χ3n) is 3.22. The first kappa shape index (κ1) is 11.0. The van der Waals surface area contributed by atoms with Gasteiger partial charge in [-0.15, -0.1) is 0 Å². The van der Waals surface area contributed by atoms with Crippen LogP contribution in [0.25, 0.3) is 11.0 Å². The Morgan fingerprint density at radius 1 is 1.29 bits per heavy atom. The van der Waals surface area contributed by atoms with E-state index in [0.29, 0.717) is 0 Å². The lowest BCUT2D eigenvalue weighted by atomic mass is 10.3. The summed E-state index contributed by atoms with van der Waals surface area (Å²) in [5, 5.41) is 3.36. The molecule has 1 aromatic heterocycles. The van der Waals surface area contributed by atoms with Crippen LogP contribution in [0.4, 0.5) is 5.95 Å². The van der Waals surface area contributed by atoms with Gasteiger partial charge in [-0.25, -0.2) is 4.98 Å². The molecule has 1 fully saturated rings. The minimum Gasteiger partial charge on any atom is -0.340 e. The number of nitrogens with zero attached hydrogens (tertiary/aromatic N) is 3. The summed E-state index contributed by atoms with van der Waals surface area (Å²) < 4.78 is 3.27. The molecule has 1 N–H and O–H groups in total. The van der Waals surface area contributed by atoms with Gasteiger partial charge in [0.05, 0.1) is 11.0 Å². The summed E-state index contributed by atoms with van der Waals surface area (Å²) in [6, 6.07) is 6.22. The molecular weight excluding hydrogens is 280 g/mol. The van der Waals surface area contributed by atoms with Crippen LogP contribution >= 0.6 is 15.9 Å². The molecule has 0 radical (unpaired) electrons. The maximum Gasteiger partial charge on any atom is 0.206 e. The molecule has 0 spiro atoms. The Morgan fingerprint density at radius 2 is 2.06 bits per heavy atom. The molecule has 5 heteroatoms. The van der Waals surface area contributed by atoms with Crippen LogP contribution in [0.1, 0.15) is 0 Å². The summed E-state index contributed by atoms with van der Waals surface area (Å²) in [7, 11) is 2.08. The van der Waals surface area contributed by atoms with Gasteiger partial charge in [-0.2, -0.15) is 0 Å². The largest absolute Gasteiger partial charge is 0.340 e. The molecule has 3 rings (SSSR count). The van der Waals surface area contributed by atoms with Gasteiger partial charge in [0.2, 0.25) is 5.95 Å². The Kier molecular flexibility index (Phi) is 2.80. The lowest BCUT2D eigenvalue weighted by molar-refractivity contribution is 0.575. The number of piperazine rings is 1. The fourth-order valence-corrected chi connectivity index (χ4v) is 2.65. The zero-order valence-corrected chi connectivity index (χ0v) is 11.4. The van der Waals surface area contributed by atoms with Crippen LogP contribution in [0.2, 0.25) is 0 Å². The van der Waals surface area contributed by atoms with Gasteiger partial charge in [-0.05, 0) is 18.2 Å². The molecule has 0 unspecified atom stereocenters. The van der Waals surface area contributed by atoms with Crippen molar-refractivity contribution in [3.63, 3.8) is 0 Å². The smallest absolute Gasteiger partial charge is 0.206 e. The minimum atomic E-state index is 1.03. The molecule has 0 atom stereocenters. The second kappa shape index (κ2) is 4.31. The van der Waals surface area contributed by atoms with Crippen molar-refractivity contribution in [3.05, 3.63) is 22.7 Å². The molecule has 1 aliphatic rings. The number of benzene rings is 1. The number of aromatic nitrogens is 2. The van der Waals surface area contributed by atoms with Crippen molar-refractivity contribution in [2.24, 2.45) is 7.05 Å². The Morgan fingerprint density at radius 3 is 2.82 bits per heavy atom. The Balaban J connectivity index is 2.07. The van der Waals surface area contributed by atoms with Crippen molar-refractivity contribution in [1.82, 2.24) is 14.9 Å². The van der Waals surface area contributed by atoms with Gasteiger partial charge in [0.15, 0.2) is 0 Å². The Labute approximate surface area is 109 Å². The zero-order valence-electron chi connectivity index (χ0n) is 9.78. The summed E-state index contributed by atoms with van der Waals surface area (Å²) in [4.78, 5) is 7.06. The molecule has 2 heterocycles. The van der Waals surface area contributed by atoms with E-state index in [2.05, 4.69) is 49.9 Å². The first-order valence-corrected chi connectivity index (χ1v) is 6.62. The van der Waals surface area contributed by atoms with Crippen molar-refractivity contribution in [2.45, 2.75) is 0 Å². The van der Waals surface area contributed by atoms with E-state index in [1.165, 1.54) is 5.52 Å². The van der Waals surface area contributed by atoms with E-state index in [4.69, 9.17) is 4.98 Å². The Hall–Kier alpha value is -1.07. The second-order valence-electron chi connectivity index (χ2n) is 4.34. The van der Waals surface area contributed by atoms with Crippen LogP contribution in [-0.2, 0) is 7.05 Å². The van der Waals surface area contributed by atoms with Crippen molar-refractivity contribution in [3.8, 4) is 0 Å². The predicted octanol–water partition coefficient (Wildman–Crippen LogP) is 1.75. The topological polar surface area (TPSA) is 33.1 Å². The van der Waals surface area contributed by atoms with Crippen LogP contribution < -0.4 is 10.2 Å². The van der Waals surface area contributed by atoms with Crippen molar-refractivity contribution in [1.29, 1.82) is 0 Å². The second-order valence-corrected chi connectivity index (χ2v) is 5.26. The van der Waals surface area contributed by atoms with Crippen molar-refractivity contribution < 1.29 is 0 Å². The van der Waals surface area contributed by atoms with Gasteiger partial charge < -0.3 is 14.8 Å². The number of nitrogens with one attached hydrogen (secondary N) is 1. The first-order chi connectivity index (χ1) is 8.25. The van der Waals surface area contributed by atoms with E-state index in [9.17, 15) is 0 Å². The molecule has 1 aliphatic heterocycles. The SMILES string of the molecule is Cn1c(N2CCNCC2)nc2ccc(Br)cc21. The average Bonchev–Trinajstić information content (AvgIpc) is 2.68. The van der Waals surface area contributed by atoms with Gasteiger partial charge in [0.25, 0.3) is 0 Å². The van der Waals surface area contributed by atoms with Crippen molar-refractivity contribution >= 4 is 32.9 Å². The Bertz CT molecular complexity index is 543. The number of aryl methyl sites for hydroxylation is 1. The third kappa shape index (κ3) is 1.93. The number of imidazole rings is 1. The summed E-state index contributed by atoms with van der Waals surface area (Å²) in [6.45, 7) is 4.12. The average molecular weight is 295 g/mol. The molecule has 0 amide bonds. The predicted molar refractivity (Wildman–Crippen MR) is 73.5 cm³/mol. The van der Waals surface area contributed by atoms with Crippen LogP contribution in [0.15, 0.2) is 22.7 Å². The molecule has 0 aliphatic carbocycles. The van der Waals surface area contributed by atoms with Gasteiger partial charge in [-0.1, -0.05) is 15.9 Å². The van der Waals surface area contributed by atoms with Crippen molar-refractivity contribution in [2.75, 3.05) is 31.1 Å². The zero-order chi connectivity index (χ0) is 11.8. The molecule has 4 nitrogen and oxygen atoms in total. The number of hydrogen-bond acceptors (Lipinski definition) is 3. The lowest BCUT2D eigenvalue weighted by Gasteiger charge is -2.28. The first-order valence-electron chi connectivity index (χ1n) is 5.83. The normalized spacial score (nSPS) is 16.7. The summed E-state index contributed by atoms with van der Waals surface area (Å²) in [6.07, 6.45) is 0. The van der Waals surface area contributed by atoms with E-state index in [0.717, 1.165) is 42.1 Å². The number of anilines is 1. The fraction of sp³-hybridized carbons (Fsp3) is 0.417. The van der Waals surface area contributed by atoms with Crippen LogP contribution in [0.5, 0.6) is 0 Å². The molecule has 0 bridgehead atoms. The molecule has 1 saturated heterocycles. The highest BCUT2D eigenvalue weighted by Crippen LogP contribution is 2.24. The van der Waals surface area contributed by atoms with Crippen LogP contribution in [0.3, 0.4) is 0 Å². The van der Waals surface area contributed by atoms with E-state index in [1.54, 1.807) is 0 Å². The monoisotopic (exact) mass is 294 g/mol. The molecule has 2 aromatic rings. The quantitative estimate of drug-likeness (QED) is 0.870. The summed E-state index contributed by atoms with van der Waals surface area (Å²) in [5.41, 5.74) is 2.23. The van der Waals surface area contributed by atoms with E-state index < -0.39 is 0 Å². The van der Waals surface area contributed by atoms with E-state index in [1.807, 2.05) is 6.07 Å². The maximum absolute atomic E-state index is 4.72. The molecule has 90 valence electrons. The number of fused-ring (bicyclic) bond motifs is 1. The summed E-state index contributed by atoms with van der Waals surface area (Å²) in [5.74, 6) is 1.07. The minimum absolute atomic E-state index is 1.03. The molecule has 1 aromatic carbocycles. The van der Waals surface area contributed by atoms with Crippen LogP contribution in [0, 0.1) is 0 Å². The van der Waals surface area contributed by atoms with Gasteiger partial charge in [0, 0.05) is 37.7 Å². The fourth-order valence-electron chi connectivity index (χ4n) is 2.30. The summed E-state index contributed by atoms with van der Waals surface area (Å²) >= 11 is 3.51. The molecule has 0 saturated carbocycles. The highest BCUT2D eigenvalue weighted by molar-refractivity contribution is 9.10. The number of rotatable bonds is 1. The standard InChI is InChI=1S/C12H15BrN4/c1-16-11-8-9(13)2-3-10(11)15-12(16)17-6-4-14-5-7-17/h2-3,8,14H,4-7H2,1H3. The van der Waals surface area contributed by atoms with E-state index in [-0.39, 0.29) is 0 Å². The van der Waals surface area contributed by atoms with Gasteiger partial charge in [-0.3, -0.25) is 0 Å². The molecule has 17 heavy (non-hydrogen) atoms. The number of hydrogen-bond donors (Lipinski definition) is 1.